The normalized spacial score (nSPS) is 17.2. The van der Waals surface area contributed by atoms with Gasteiger partial charge in [-0.05, 0) is 30.5 Å². The number of imidazole rings is 1. The lowest BCUT2D eigenvalue weighted by Gasteiger charge is -2.32. The molecule has 0 saturated heterocycles. The smallest absolute Gasteiger partial charge is 0.135 e. The summed E-state index contributed by atoms with van der Waals surface area (Å²) in [4.78, 5) is 4.53. The summed E-state index contributed by atoms with van der Waals surface area (Å²) in [7, 11) is 0. The second kappa shape index (κ2) is 8.14. The highest BCUT2D eigenvalue weighted by atomic mass is 19.1. The summed E-state index contributed by atoms with van der Waals surface area (Å²) in [5.41, 5.74) is 1.27. The van der Waals surface area contributed by atoms with Crippen LogP contribution in [0.15, 0.2) is 42.6 Å². The number of nitrogens with one attached hydrogen (secondary N) is 1. The molecule has 1 aliphatic rings. The zero-order valence-electron chi connectivity index (χ0n) is 16.9. The lowest BCUT2D eigenvalue weighted by atomic mass is 9.93. The third-order valence-electron chi connectivity index (χ3n) is 5.60. The second-order valence-electron chi connectivity index (χ2n) is 8.15. The van der Waals surface area contributed by atoms with Crippen molar-refractivity contribution in [3.63, 3.8) is 0 Å². The number of benzene rings is 2. The molecule has 0 fully saturated rings. The maximum Gasteiger partial charge on any atom is 0.135 e. The van der Waals surface area contributed by atoms with Gasteiger partial charge < -0.3 is 15.0 Å². The second-order valence-corrected chi connectivity index (χ2v) is 8.15. The summed E-state index contributed by atoms with van der Waals surface area (Å²) in [5, 5.41) is 13.0. The van der Waals surface area contributed by atoms with Gasteiger partial charge in [0.05, 0.1) is 5.69 Å². The van der Waals surface area contributed by atoms with Gasteiger partial charge in [-0.15, -0.1) is 0 Å². The molecular formula is C23H24F3N3O. The van der Waals surface area contributed by atoms with Crippen LogP contribution in [0.5, 0.6) is 5.75 Å². The van der Waals surface area contributed by atoms with Crippen molar-refractivity contribution in [1.29, 1.82) is 0 Å². The molecule has 3 aromatic rings. The quantitative estimate of drug-likeness (QED) is 0.618. The highest BCUT2D eigenvalue weighted by Crippen LogP contribution is 2.30. The Hall–Kier alpha value is -2.80. The van der Waals surface area contributed by atoms with E-state index in [4.69, 9.17) is 0 Å². The number of hydrogen-bond donors (Lipinski definition) is 2. The minimum absolute atomic E-state index is 0.0817. The van der Waals surface area contributed by atoms with E-state index in [-0.39, 0.29) is 29.3 Å². The number of hydrogen-bond acceptors (Lipinski definition) is 3. The van der Waals surface area contributed by atoms with Crippen LogP contribution in [0.25, 0.3) is 11.3 Å². The molecule has 2 N–H and O–H groups in total. The fourth-order valence-electron chi connectivity index (χ4n) is 4.07. The number of halogens is 3. The van der Waals surface area contributed by atoms with Gasteiger partial charge in [-0.2, -0.15) is 0 Å². The third kappa shape index (κ3) is 4.07. The lowest BCUT2D eigenvalue weighted by Crippen LogP contribution is -2.41. The molecule has 0 spiro atoms. The van der Waals surface area contributed by atoms with E-state index < -0.39 is 17.5 Å². The number of aryl methyl sites for hydroxylation is 1. The van der Waals surface area contributed by atoms with Gasteiger partial charge in [0.25, 0.3) is 0 Å². The Labute approximate surface area is 173 Å². The summed E-state index contributed by atoms with van der Waals surface area (Å²) in [5.74, 6) is -0.802. The van der Waals surface area contributed by atoms with Crippen LogP contribution < -0.4 is 5.32 Å². The lowest BCUT2D eigenvalue weighted by molar-refractivity contribution is 0.297. The molecule has 30 heavy (non-hydrogen) atoms. The number of phenols is 1. The summed E-state index contributed by atoms with van der Waals surface area (Å²) < 4.78 is 43.8. The summed E-state index contributed by atoms with van der Waals surface area (Å²) >= 11 is 0. The Bertz CT molecular complexity index is 1060. The zero-order valence-corrected chi connectivity index (χ0v) is 16.9. The van der Waals surface area contributed by atoms with Crippen LogP contribution in [-0.2, 0) is 13.0 Å². The molecule has 7 heteroatoms. The number of aromatic hydroxyl groups is 1. The van der Waals surface area contributed by atoms with Crippen molar-refractivity contribution in [2.45, 2.75) is 45.3 Å². The minimum Gasteiger partial charge on any atom is -0.508 e. The van der Waals surface area contributed by atoms with E-state index in [1.807, 2.05) is 18.4 Å². The van der Waals surface area contributed by atoms with Crippen LogP contribution in [0.4, 0.5) is 13.2 Å². The predicted octanol–water partition coefficient (Wildman–Crippen LogP) is 4.97. The monoisotopic (exact) mass is 415 g/mol. The molecule has 2 aromatic carbocycles. The van der Waals surface area contributed by atoms with Crippen molar-refractivity contribution < 1.29 is 18.3 Å². The molecular weight excluding hydrogens is 391 g/mol. The molecule has 1 aliphatic heterocycles. The molecule has 4 nitrogen and oxygen atoms in total. The van der Waals surface area contributed by atoms with Gasteiger partial charge in [0, 0.05) is 54.5 Å². The SMILES string of the molecule is CC(C)C(NC1CCc2nc(-c3ccc(F)cc3F)cn2C1)c1ccc(O)cc1F. The molecule has 1 aromatic heterocycles. The van der Waals surface area contributed by atoms with Crippen LogP contribution in [0.3, 0.4) is 0 Å². The Morgan fingerprint density at radius 3 is 2.60 bits per heavy atom. The minimum atomic E-state index is -0.636. The van der Waals surface area contributed by atoms with Crippen molar-refractivity contribution in [1.82, 2.24) is 14.9 Å². The van der Waals surface area contributed by atoms with E-state index in [1.54, 1.807) is 12.3 Å². The van der Waals surface area contributed by atoms with Gasteiger partial charge in [0.2, 0.25) is 0 Å². The van der Waals surface area contributed by atoms with E-state index >= 15 is 0 Å². The largest absolute Gasteiger partial charge is 0.508 e. The van der Waals surface area contributed by atoms with E-state index in [0.29, 0.717) is 24.2 Å². The first-order chi connectivity index (χ1) is 14.3. The summed E-state index contributed by atoms with van der Waals surface area (Å²) in [6.07, 6.45) is 3.29. The summed E-state index contributed by atoms with van der Waals surface area (Å²) in [6, 6.07) is 7.59. The molecule has 2 atom stereocenters. The Balaban J connectivity index is 1.54. The van der Waals surface area contributed by atoms with Crippen LogP contribution in [0, 0.1) is 23.4 Å². The maximum absolute atomic E-state index is 14.4. The zero-order chi connectivity index (χ0) is 21.4. The first-order valence-electron chi connectivity index (χ1n) is 10.1. The highest BCUT2D eigenvalue weighted by Gasteiger charge is 2.27. The van der Waals surface area contributed by atoms with E-state index in [2.05, 4.69) is 10.3 Å². The number of phenolic OH excluding ortho intramolecular Hbond substituents is 1. The maximum atomic E-state index is 14.4. The van der Waals surface area contributed by atoms with Crippen LogP contribution >= 0.6 is 0 Å². The molecule has 0 bridgehead atoms. The number of aromatic nitrogens is 2. The van der Waals surface area contributed by atoms with Crippen molar-refractivity contribution in [2.75, 3.05) is 0 Å². The van der Waals surface area contributed by atoms with Crippen LogP contribution in [0.1, 0.15) is 37.7 Å². The van der Waals surface area contributed by atoms with Gasteiger partial charge in [0.15, 0.2) is 0 Å². The first-order valence-corrected chi connectivity index (χ1v) is 10.1. The molecule has 2 heterocycles. The van der Waals surface area contributed by atoms with E-state index in [0.717, 1.165) is 24.4 Å². The van der Waals surface area contributed by atoms with Crippen molar-refractivity contribution in [3.05, 3.63) is 71.4 Å². The van der Waals surface area contributed by atoms with Gasteiger partial charge in [-0.3, -0.25) is 0 Å². The van der Waals surface area contributed by atoms with Crippen molar-refractivity contribution in [3.8, 4) is 17.0 Å². The van der Waals surface area contributed by atoms with Gasteiger partial charge >= 0.3 is 0 Å². The fraction of sp³-hybridized carbons (Fsp3) is 0.348. The molecule has 0 amide bonds. The molecule has 0 aliphatic carbocycles. The molecule has 2 unspecified atom stereocenters. The van der Waals surface area contributed by atoms with Crippen LogP contribution in [-0.4, -0.2) is 20.7 Å². The highest BCUT2D eigenvalue weighted by molar-refractivity contribution is 5.59. The van der Waals surface area contributed by atoms with Gasteiger partial charge in [-0.1, -0.05) is 19.9 Å². The molecule has 158 valence electrons. The number of rotatable bonds is 5. The fourth-order valence-corrected chi connectivity index (χ4v) is 4.07. The van der Waals surface area contributed by atoms with Crippen molar-refractivity contribution in [2.24, 2.45) is 5.92 Å². The van der Waals surface area contributed by atoms with E-state index in [1.165, 1.54) is 18.2 Å². The molecule has 4 rings (SSSR count). The number of fused-ring (bicyclic) bond motifs is 1. The molecule has 0 saturated carbocycles. The average Bonchev–Trinajstić information content (AvgIpc) is 3.09. The van der Waals surface area contributed by atoms with Crippen LogP contribution in [0.2, 0.25) is 0 Å². The average molecular weight is 415 g/mol. The number of nitrogens with zero attached hydrogens (tertiary/aromatic N) is 2. The van der Waals surface area contributed by atoms with E-state index in [9.17, 15) is 18.3 Å². The Morgan fingerprint density at radius 1 is 1.10 bits per heavy atom. The third-order valence-corrected chi connectivity index (χ3v) is 5.60. The topological polar surface area (TPSA) is 50.1 Å². The Kier molecular flexibility index (Phi) is 5.56. The Morgan fingerprint density at radius 2 is 1.90 bits per heavy atom. The van der Waals surface area contributed by atoms with Gasteiger partial charge in [-0.25, -0.2) is 18.2 Å². The van der Waals surface area contributed by atoms with Crippen molar-refractivity contribution >= 4 is 0 Å². The summed E-state index contributed by atoms with van der Waals surface area (Å²) in [6.45, 7) is 4.66. The molecule has 0 radical (unpaired) electrons. The predicted molar refractivity (Wildman–Crippen MR) is 108 cm³/mol. The standard InChI is InChI=1S/C23H24F3N3O/c1-13(2)23(18-7-5-16(30)10-20(18)26)27-15-4-8-22-28-21(12-29(22)11-15)17-6-3-14(24)9-19(17)25/h3,5-7,9-10,12-13,15,23,27,30H,4,8,11H2,1-2H3. The first kappa shape index (κ1) is 20.5. The van der Waals surface area contributed by atoms with Gasteiger partial charge in [0.1, 0.15) is 29.0 Å².